The van der Waals surface area contributed by atoms with Gasteiger partial charge in [0.1, 0.15) is 0 Å². The van der Waals surface area contributed by atoms with Gasteiger partial charge in [0, 0.05) is 17.1 Å². The van der Waals surface area contributed by atoms with Crippen LogP contribution in [0.15, 0.2) is 14.3 Å². The summed E-state index contributed by atoms with van der Waals surface area (Å²) in [6, 6.07) is 2.15. The van der Waals surface area contributed by atoms with Crippen LogP contribution in [0.1, 0.15) is 23.0 Å². The van der Waals surface area contributed by atoms with Gasteiger partial charge < -0.3 is 10.2 Å². The lowest BCUT2D eigenvalue weighted by atomic mass is 9.94. The lowest BCUT2D eigenvalue weighted by Gasteiger charge is -2.35. The average Bonchev–Trinajstić information content (AvgIpc) is 2.63. The van der Waals surface area contributed by atoms with Crippen LogP contribution in [0.5, 0.6) is 0 Å². The van der Waals surface area contributed by atoms with Crippen LogP contribution in [0.2, 0.25) is 0 Å². The van der Waals surface area contributed by atoms with Gasteiger partial charge in [-0.05, 0) is 63.9 Å². The van der Waals surface area contributed by atoms with Crippen molar-refractivity contribution in [2.24, 2.45) is 5.92 Å². The van der Waals surface area contributed by atoms with E-state index >= 15 is 0 Å². The van der Waals surface area contributed by atoms with E-state index < -0.39 is 0 Å². The van der Waals surface area contributed by atoms with Crippen LogP contribution in [0.4, 0.5) is 0 Å². The number of halogens is 2. The Morgan fingerprint density at radius 3 is 2.83 bits per heavy atom. The van der Waals surface area contributed by atoms with Crippen LogP contribution >= 0.6 is 43.2 Å². The van der Waals surface area contributed by atoms with Crippen molar-refractivity contribution in [1.29, 1.82) is 0 Å². The lowest BCUT2D eigenvalue weighted by Crippen LogP contribution is -2.48. The topological polar surface area (TPSA) is 32.3 Å². The van der Waals surface area contributed by atoms with Crippen molar-refractivity contribution < 1.29 is 4.79 Å². The maximum absolute atomic E-state index is 12.1. The first kappa shape index (κ1) is 14.5. The molecule has 2 atom stereocenters. The fourth-order valence-corrected chi connectivity index (χ4v) is 4.21. The molecule has 1 saturated heterocycles. The molecule has 1 fully saturated rings. The van der Waals surface area contributed by atoms with Gasteiger partial charge in [0.15, 0.2) is 0 Å². The van der Waals surface area contributed by atoms with Crippen molar-refractivity contribution in [3.05, 3.63) is 19.2 Å². The van der Waals surface area contributed by atoms with Crippen LogP contribution in [0, 0.1) is 5.92 Å². The van der Waals surface area contributed by atoms with Gasteiger partial charge in [-0.25, -0.2) is 0 Å². The van der Waals surface area contributed by atoms with Crippen LogP contribution in [0.3, 0.4) is 0 Å². The molecule has 0 spiro atoms. The molecule has 1 aromatic rings. The molecule has 2 rings (SSSR count). The summed E-state index contributed by atoms with van der Waals surface area (Å²) in [6.07, 6.45) is 1.02. The number of likely N-dealkylation sites (tertiary alicyclic amines) is 1. The molecule has 0 aromatic carbocycles. The third-order valence-corrected chi connectivity index (χ3v) is 6.55. The van der Waals surface area contributed by atoms with E-state index in [9.17, 15) is 4.79 Å². The van der Waals surface area contributed by atoms with Crippen molar-refractivity contribution >= 4 is 49.1 Å². The predicted octanol–water partition coefficient (Wildman–Crippen LogP) is 3.34. The summed E-state index contributed by atoms with van der Waals surface area (Å²) >= 11 is 8.28. The minimum atomic E-state index is 0.0350. The largest absolute Gasteiger partial charge is 0.348 e. The number of hydrogen-bond donors (Lipinski definition) is 1. The van der Waals surface area contributed by atoms with E-state index in [0.29, 0.717) is 5.92 Å². The molecular weight excluding hydrogens is 380 g/mol. The number of piperidine rings is 1. The average molecular weight is 396 g/mol. The third kappa shape index (κ3) is 3.35. The standard InChI is InChI=1S/C12H16Br2N2OS/c1-7-6-16(2)4-3-9(7)15-12(17)10-5-8(13)11(14)18-10/h5,7,9H,3-4,6H2,1-2H3,(H,15,17). The van der Waals surface area contributed by atoms with Crippen molar-refractivity contribution in [1.82, 2.24) is 10.2 Å². The van der Waals surface area contributed by atoms with Gasteiger partial charge >= 0.3 is 0 Å². The fraction of sp³-hybridized carbons (Fsp3) is 0.583. The first-order valence-corrected chi connectivity index (χ1v) is 8.32. The molecule has 0 aliphatic carbocycles. The molecule has 2 heterocycles. The number of carbonyl (C=O) groups is 1. The Balaban J connectivity index is 1.99. The summed E-state index contributed by atoms with van der Waals surface area (Å²) in [5, 5.41) is 3.15. The quantitative estimate of drug-likeness (QED) is 0.832. The van der Waals surface area contributed by atoms with Gasteiger partial charge in [-0.3, -0.25) is 4.79 Å². The van der Waals surface area contributed by atoms with Crippen molar-refractivity contribution in [3.63, 3.8) is 0 Å². The highest BCUT2D eigenvalue weighted by Crippen LogP contribution is 2.32. The molecule has 1 aliphatic rings. The molecule has 18 heavy (non-hydrogen) atoms. The number of rotatable bonds is 2. The maximum Gasteiger partial charge on any atom is 0.261 e. The molecule has 1 aromatic heterocycles. The Morgan fingerprint density at radius 1 is 1.56 bits per heavy atom. The van der Waals surface area contributed by atoms with Crippen molar-refractivity contribution in [2.75, 3.05) is 20.1 Å². The fourth-order valence-electron chi connectivity index (χ4n) is 2.27. The molecule has 3 nitrogen and oxygen atoms in total. The number of amides is 1. The van der Waals surface area contributed by atoms with Gasteiger partial charge in [0.25, 0.3) is 5.91 Å². The molecule has 0 saturated carbocycles. The Morgan fingerprint density at radius 2 is 2.28 bits per heavy atom. The third-order valence-electron chi connectivity index (χ3n) is 3.29. The SMILES string of the molecule is CC1CN(C)CCC1NC(=O)c1cc(Br)c(Br)s1. The molecule has 1 N–H and O–H groups in total. The molecule has 0 bridgehead atoms. The summed E-state index contributed by atoms with van der Waals surface area (Å²) in [6.45, 7) is 4.29. The molecular formula is C12H16Br2N2OS. The Bertz CT molecular complexity index is 430. The first-order chi connectivity index (χ1) is 8.47. The summed E-state index contributed by atoms with van der Waals surface area (Å²) in [5.74, 6) is 0.535. The maximum atomic E-state index is 12.1. The normalized spacial score (nSPS) is 25.1. The second-order valence-corrected chi connectivity index (χ2v) is 8.06. The zero-order valence-corrected chi connectivity index (χ0v) is 14.4. The van der Waals surface area contributed by atoms with Crippen molar-refractivity contribution in [3.8, 4) is 0 Å². The Labute approximate surface area is 128 Å². The van der Waals surface area contributed by atoms with Gasteiger partial charge in [-0.2, -0.15) is 0 Å². The van der Waals surface area contributed by atoms with Crippen LogP contribution < -0.4 is 5.32 Å². The van der Waals surface area contributed by atoms with E-state index in [4.69, 9.17) is 0 Å². The van der Waals surface area contributed by atoms with Gasteiger partial charge in [-0.15, -0.1) is 11.3 Å². The summed E-state index contributed by atoms with van der Waals surface area (Å²) in [7, 11) is 2.13. The Kier molecular flexibility index (Phi) is 4.86. The van der Waals surface area contributed by atoms with Crippen molar-refractivity contribution in [2.45, 2.75) is 19.4 Å². The number of nitrogens with zero attached hydrogens (tertiary/aromatic N) is 1. The number of carbonyl (C=O) groups excluding carboxylic acids is 1. The van der Waals surface area contributed by atoms with E-state index in [2.05, 4.69) is 56.0 Å². The van der Waals surface area contributed by atoms with E-state index in [1.54, 1.807) is 0 Å². The second-order valence-electron chi connectivity index (χ2n) is 4.84. The summed E-state index contributed by atoms with van der Waals surface area (Å²) in [5.41, 5.74) is 0. The van der Waals surface area contributed by atoms with Crippen LogP contribution in [-0.2, 0) is 0 Å². The number of thiophene rings is 1. The van der Waals surface area contributed by atoms with E-state index in [0.717, 1.165) is 32.6 Å². The molecule has 2 unspecified atom stereocenters. The molecule has 100 valence electrons. The molecule has 6 heteroatoms. The second kappa shape index (κ2) is 6.03. The zero-order chi connectivity index (χ0) is 13.3. The Hall–Kier alpha value is 0.0900. The van der Waals surface area contributed by atoms with E-state index in [1.807, 2.05) is 6.07 Å². The van der Waals surface area contributed by atoms with Crippen LogP contribution in [-0.4, -0.2) is 37.0 Å². The lowest BCUT2D eigenvalue weighted by molar-refractivity contribution is 0.0888. The smallest absolute Gasteiger partial charge is 0.261 e. The monoisotopic (exact) mass is 394 g/mol. The highest BCUT2D eigenvalue weighted by Gasteiger charge is 2.26. The summed E-state index contributed by atoms with van der Waals surface area (Å²) in [4.78, 5) is 15.2. The molecule has 1 aliphatic heterocycles. The van der Waals surface area contributed by atoms with Gasteiger partial charge in [0.05, 0.1) is 8.66 Å². The molecule has 1 amide bonds. The zero-order valence-electron chi connectivity index (χ0n) is 10.4. The predicted molar refractivity (Wildman–Crippen MR) is 82.3 cm³/mol. The van der Waals surface area contributed by atoms with Crippen LogP contribution in [0.25, 0.3) is 0 Å². The highest BCUT2D eigenvalue weighted by atomic mass is 79.9. The number of nitrogens with one attached hydrogen (secondary N) is 1. The highest BCUT2D eigenvalue weighted by molar-refractivity contribution is 9.13. The minimum absolute atomic E-state index is 0.0350. The van der Waals surface area contributed by atoms with E-state index in [1.165, 1.54) is 11.3 Å². The minimum Gasteiger partial charge on any atom is -0.348 e. The van der Waals surface area contributed by atoms with Gasteiger partial charge in [-0.1, -0.05) is 6.92 Å². The van der Waals surface area contributed by atoms with E-state index in [-0.39, 0.29) is 11.9 Å². The number of hydrogen-bond acceptors (Lipinski definition) is 3. The van der Waals surface area contributed by atoms with Gasteiger partial charge in [0.2, 0.25) is 0 Å². The summed E-state index contributed by atoms with van der Waals surface area (Å²) < 4.78 is 1.90. The molecule has 0 radical (unpaired) electrons. The first-order valence-electron chi connectivity index (χ1n) is 5.91.